The minimum atomic E-state index is -0.359. The lowest BCUT2D eigenvalue weighted by Gasteiger charge is -2.54. The van der Waals surface area contributed by atoms with E-state index >= 15 is 0 Å². The molecule has 4 rings (SSSR count). The van der Waals surface area contributed by atoms with Gasteiger partial charge in [-0.1, -0.05) is 42.3 Å². The minimum absolute atomic E-state index is 0.114. The molecule has 1 fully saturated rings. The fourth-order valence-electron chi connectivity index (χ4n) is 5.87. The van der Waals surface area contributed by atoms with Crippen LogP contribution in [-0.4, -0.2) is 16.6 Å². The summed E-state index contributed by atoms with van der Waals surface area (Å²) in [5, 5.41) is 9.76. The molecule has 30 heavy (non-hydrogen) atoms. The highest BCUT2D eigenvalue weighted by Crippen LogP contribution is 2.56. The van der Waals surface area contributed by atoms with E-state index in [2.05, 4.69) is 19.1 Å². The Kier molecular flexibility index (Phi) is 5.59. The molecule has 0 N–H and O–H groups in total. The van der Waals surface area contributed by atoms with E-state index in [0.29, 0.717) is 30.8 Å². The first-order valence-electron chi connectivity index (χ1n) is 10.7. The van der Waals surface area contributed by atoms with Gasteiger partial charge in [0.25, 0.3) is 0 Å². The molecule has 156 valence electrons. The molecular formula is C25H27ClN2O2. The molecule has 4 atom stereocenters. The molecule has 0 bridgehead atoms. The Morgan fingerprint density at radius 1 is 1.27 bits per heavy atom. The third kappa shape index (κ3) is 3.50. The van der Waals surface area contributed by atoms with Gasteiger partial charge in [0.1, 0.15) is 0 Å². The number of nitriles is 1. The number of allylic oxidation sites excluding steroid dienone is 4. The van der Waals surface area contributed by atoms with E-state index in [1.807, 2.05) is 36.1 Å². The molecule has 0 radical (unpaired) electrons. The summed E-state index contributed by atoms with van der Waals surface area (Å²) < 4.78 is 0. The summed E-state index contributed by atoms with van der Waals surface area (Å²) in [5.74, 6) is 0.618. The number of amides is 1. The second-order valence-corrected chi connectivity index (χ2v) is 9.52. The van der Waals surface area contributed by atoms with Gasteiger partial charge < -0.3 is 4.90 Å². The Morgan fingerprint density at radius 2 is 2.00 bits per heavy atom. The average molecular weight is 423 g/mol. The Hall–Kier alpha value is -2.38. The standard InChI is InChI=1S/C25H27ClN2O2/c1-16-14-21(29)24-20(19(16)4-3-13-27)9-10-22-25(24,2)12-11-23(30)28(22)15-17-5-7-18(26)8-6-17/h5-8,10,14,19-20,24H,3-4,9,11-12,15H2,1-2H3. The van der Waals surface area contributed by atoms with Crippen LogP contribution in [0.5, 0.6) is 0 Å². The first-order valence-corrected chi connectivity index (χ1v) is 11.1. The fraction of sp³-hybridized carbons (Fsp3) is 0.480. The first kappa shape index (κ1) is 20.9. The van der Waals surface area contributed by atoms with Gasteiger partial charge in [0.2, 0.25) is 5.91 Å². The molecule has 4 unspecified atom stereocenters. The van der Waals surface area contributed by atoms with Crippen LogP contribution in [0, 0.1) is 34.5 Å². The maximum absolute atomic E-state index is 13.2. The number of ketones is 1. The highest BCUT2D eigenvalue weighted by Gasteiger charge is 2.54. The summed E-state index contributed by atoms with van der Waals surface area (Å²) in [6.07, 6.45) is 7.20. The Morgan fingerprint density at radius 3 is 2.70 bits per heavy atom. The molecule has 1 aromatic carbocycles. The van der Waals surface area contributed by atoms with Crippen LogP contribution in [0.3, 0.4) is 0 Å². The number of carbonyl (C=O) groups is 2. The van der Waals surface area contributed by atoms with Gasteiger partial charge in [-0.15, -0.1) is 0 Å². The van der Waals surface area contributed by atoms with Crippen molar-refractivity contribution in [3.8, 4) is 6.07 Å². The van der Waals surface area contributed by atoms with E-state index in [-0.39, 0.29) is 34.9 Å². The third-order valence-electron chi connectivity index (χ3n) is 7.33. The Labute approximate surface area is 183 Å². The monoisotopic (exact) mass is 422 g/mol. The molecule has 1 saturated heterocycles. The van der Waals surface area contributed by atoms with Gasteiger partial charge in [0, 0.05) is 34.9 Å². The van der Waals surface area contributed by atoms with E-state index in [1.54, 1.807) is 6.08 Å². The quantitative estimate of drug-likeness (QED) is 0.649. The smallest absolute Gasteiger partial charge is 0.227 e. The number of rotatable bonds is 4. The van der Waals surface area contributed by atoms with Crippen LogP contribution in [-0.2, 0) is 16.1 Å². The van der Waals surface area contributed by atoms with Crippen molar-refractivity contribution in [3.63, 3.8) is 0 Å². The van der Waals surface area contributed by atoms with Crippen molar-refractivity contribution >= 4 is 23.3 Å². The van der Waals surface area contributed by atoms with Gasteiger partial charge in [-0.3, -0.25) is 9.59 Å². The van der Waals surface area contributed by atoms with Crippen molar-refractivity contribution in [2.75, 3.05) is 0 Å². The summed E-state index contributed by atoms with van der Waals surface area (Å²) in [6.45, 7) is 4.68. The topological polar surface area (TPSA) is 61.2 Å². The van der Waals surface area contributed by atoms with Gasteiger partial charge in [-0.05, 0) is 61.8 Å². The van der Waals surface area contributed by atoms with Gasteiger partial charge >= 0.3 is 0 Å². The molecule has 0 aromatic heterocycles. The molecule has 1 aromatic rings. The van der Waals surface area contributed by atoms with E-state index in [0.717, 1.165) is 29.7 Å². The number of likely N-dealkylation sites (tertiary alicyclic amines) is 1. The van der Waals surface area contributed by atoms with Crippen LogP contribution in [0.25, 0.3) is 0 Å². The molecule has 1 amide bonds. The lowest BCUT2D eigenvalue weighted by molar-refractivity contribution is -0.140. The second-order valence-electron chi connectivity index (χ2n) is 9.08. The zero-order chi connectivity index (χ0) is 21.5. The number of benzene rings is 1. The van der Waals surface area contributed by atoms with Crippen molar-refractivity contribution in [3.05, 3.63) is 58.3 Å². The molecular weight excluding hydrogens is 396 g/mol. The van der Waals surface area contributed by atoms with Crippen LogP contribution in [0.15, 0.2) is 47.7 Å². The number of piperidine rings is 1. The fourth-order valence-corrected chi connectivity index (χ4v) is 6.00. The van der Waals surface area contributed by atoms with Crippen LogP contribution < -0.4 is 0 Å². The predicted molar refractivity (Wildman–Crippen MR) is 116 cm³/mol. The van der Waals surface area contributed by atoms with Crippen molar-refractivity contribution in [2.24, 2.45) is 23.2 Å². The van der Waals surface area contributed by atoms with Crippen molar-refractivity contribution < 1.29 is 9.59 Å². The molecule has 3 aliphatic rings. The number of hydrogen-bond donors (Lipinski definition) is 0. The summed E-state index contributed by atoms with van der Waals surface area (Å²) >= 11 is 6.01. The molecule has 0 spiro atoms. The van der Waals surface area contributed by atoms with E-state index in [1.165, 1.54) is 0 Å². The van der Waals surface area contributed by atoms with Crippen LogP contribution >= 0.6 is 11.6 Å². The molecule has 0 saturated carbocycles. The first-order chi connectivity index (χ1) is 14.3. The normalized spacial score (nSPS) is 30.7. The molecule has 4 nitrogen and oxygen atoms in total. The Balaban J connectivity index is 1.69. The third-order valence-corrected chi connectivity index (χ3v) is 7.58. The lowest BCUT2D eigenvalue weighted by atomic mass is 9.53. The van der Waals surface area contributed by atoms with Crippen molar-refractivity contribution in [1.29, 1.82) is 5.26 Å². The molecule has 5 heteroatoms. The number of hydrogen-bond acceptors (Lipinski definition) is 3. The number of carbonyl (C=O) groups excluding carboxylic acids is 2. The van der Waals surface area contributed by atoms with Gasteiger partial charge in [0.15, 0.2) is 5.78 Å². The largest absolute Gasteiger partial charge is 0.312 e. The summed E-state index contributed by atoms with van der Waals surface area (Å²) in [6, 6.07) is 9.84. The van der Waals surface area contributed by atoms with E-state index < -0.39 is 0 Å². The lowest BCUT2D eigenvalue weighted by Crippen LogP contribution is -2.54. The second kappa shape index (κ2) is 8.04. The van der Waals surface area contributed by atoms with Gasteiger partial charge in [-0.25, -0.2) is 0 Å². The van der Waals surface area contributed by atoms with Gasteiger partial charge in [-0.2, -0.15) is 5.26 Å². The van der Waals surface area contributed by atoms with Crippen molar-refractivity contribution in [1.82, 2.24) is 4.90 Å². The van der Waals surface area contributed by atoms with E-state index in [4.69, 9.17) is 16.9 Å². The average Bonchev–Trinajstić information content (AvgIpc) is 2.71. The highest BCUT2D eigenvalue weighted by atomic mass is 35.5. The van der Waals surface area contributed by atoms with Crippen LogP contribution in [0.4, 0.5) is 0 Å². The number of nitrogens with zero attached hydrogens (tertiary/aromatic N) is 2. The number of halogens is 1. The maximum atomic E-state index is 13.2. The molecule has 2 aliphatic carbocycles. The summed E-state index contributed by atoms with van der Waals surface area (Å²) in [4.78, 5) is 28.0. The molecule has 1 aliphatic heterocycles. The minimum Gasteiger partial charge on any atom is -0.312 e. The van der Waals surface area contributed by atoms with Crippen LogP contribution in [0.2, 0.25) is 5.02 Å². The Bertz CT molecular complexity index is 972. The van der Waals surface area contributed by atoms with Gasteiger partial charge in [0.05, 0.1) is 12.6 Å². The zero-order valence-corrected chi connectivity index (χ0v) is 18.3. The van der Waals surface area contributed by atoms with E-state index in [9.17, 15) is 9.59 Å². The SMILES string of the molecule is CC1=CC(=O)C2C(CC=C3N(Cc4ccc(Cl)cc4)C(=O)CCC32C)C1CCC#N. The summed E-state index contributed by atoms with van der Waals surface area (Å²) in [5.41, 5.74) is 2.76. The van der Waals surface area contributed by atoms with Crippen molar-refractivity contribution in [2.45, 2.75) is 52.5 Å². The highest BCUT2D eigenvalue weighted by molar-refractivity contribution is 6.30. The zero-order valence-electron chi connectivity index (χ0n) is 17.5. The summed E-state index contributed by atoms with van der Waals surface area (Å²) in [7, 11) is 0. The predicted octanol–water partition coefficient (Wildman–Crippen LogP) is 5.44. The number of fused-ring (bicyclic) bond motifs is 3. The van der Waals surface area contributed by atoms with Crippen LogP contribution in [0.1, 0.15) is 51.5 Å². The molecule has 1 heterocycles. The maximum Gasteiger partial charge on any atom is 0.227 e.